The van der Waals surface area contributed by atoms with Crippen LogP contribution in [-0.4, -0.2) is 14.8 Å². The van der Waals surface area contributed by atoms with E-state index in [2.05, 4.69) is 39.7 Å². The third-order valence-corrected chi connectivity index (χ3v) is 6.48. The summed E-state index contributed by atoms with van der Waals surface area (Å²) in [5, 5.41) is 13.1. The summed E-state index contributed by atoms with van der Waals surface area (Å²) < 4.78 is 2.07. The molecular weight excluding hydrogens is 393 g/mol. The highest BCUT2D eigenvalue weighted by atomic mass is 35.5. The number of thioether (sulfide) groups is 1. The Bertz CT molecular complexity index is 866. The summed E-state index contributed by atoms with van der Waals surface area (Å²) in [6, 6.07) is 7.72. The lowest BCUT2D eigenvalue weighted by molar-refractivity contribution is 0.731. The first-order valence-electron chi connectivity index (χ1n) is 7.81. The van der Waals surface area contributed by atoms with Gasteiger partial charge in [-0.1, -0.05) is 54.0 Å². The van der Waals surface area contributed by atoms with Crippen molar-refractivity contribution in [1.82, 2.24) is 14.8 Å². The molecule has 0 aliphatic rings. The lowest BCUT2D eigenvalue weighted by atomic mass is 10.2. The minimum absolute atomic E-state index is 0.637. The van der Waals surface area contributed by atoms with Crippen molar-refractivity contribution < 1.29 is 0 Å². The molecule has 3 aromatic rings. The van der Waals surface area contributed by atoms with Gasteiger partial charge >= 0.3 is 0 Å². The maximum Gasteiger partial charge on any atom is 0.192 e. The predicted molar refractivity (Wildman–Crippen MR) is 109 cm³/mol. The number of rotatable bonds is 7. The van der Waals surface area contributed by atoms with Crippen molar-refractivity contribution in [2.45, 2.75) is 30.8 Å². The molecule has 0 saturated carbocycles. The zero-order valence-corrected chi connectivity index (χ0v) is 16.9. The van der Waals surface area contributed by atoms with Crippen LogP contribution in [0.2, 0.25) is 10.0 Å². The molecule has 7 heteroatoms. The van der Waals surface area contributed by atoms with Gasteiger partial charge in [-0.15, -0.1) is 28.1 Å². The summed E-state index contributed by atoms with van der Waals surface area (Å²) in [6.07, 6.45) is 2.87. The molecule has 0 amide bonds. The van der Waals surface area contributed by atoms with Crippen LogP contribution in [0.15, 0.2) is 47.5 Å². The third kappa shape index (κ3) is 4.11. The molecule has 0 N–H and O–H groups in total. The maximum atomic E-state index is 6.26. The van der Waals surface area contributed by atoms with Gasteiger partial charge in [-0.3, -0.25) is 4.57 Å². The van der Waals surface area contributed by atoms with Crippen LogP contribution in [0, 0.1) is 0 Å². The number of halogens is 2. The van der Waals surface area contributed by atoms with Gasteiger partial charge in [0.25, 0.3) is 0 Å². The van der Waals surface area contributed by atoms with E-state index in [4.69, 9.17) is 23.2 Å². The molecule has 2 heterocycles. The topological polar surface area (TPSA) is 30.7 Å². The molecule has 3 nitrogen and oxygen atoms in total. The summed E-state index contributed by atoms with van der Waals surface area (Å²) in [5.41, 5.74) is 2.01. The fourth-order valence-corrected chi connectivity index (χ4v) is 4.90. The van der Waals surface area contributed by atoms with Gasteiger partial charge in [0.2, 0.25) is 0 Å². The number of allylic oxidation sites excluding steroid dienone is 1. The van der Waals surface area contributed by atoms with Crippen LogP contribution in [-0.2, 0) is 18.7 Å². The number of thiophene rings is 1. The van der Waals surface area contributed by atoms with Gasteiger partial charge < -0.3 is 0 Å². The van der Waals surface area contributed by atoms with Crippen LogP contribution in [0.25, 0.3) is 11.4 Å². The lowest BCUT2D eigenvalue weighted by Crippen LogP contribution is -2.00. The highest BCUT2D eigenvalue weighted by Gasteiger charge is 2.16. The Morgan fingerprint density at radius 2 is 2.04 bits per heavy atom. The molecule has 0 atom stereocenters. The van der Waals surface area contributed by atoms with Crippen molar-refractivity contribution in [2.24, 2.45) is 0 Å². The van der Waals surface area contributed by atoms with Crippen LogP contribution in [0.3, 0.4) is 0 Å². The van der Waals surface area contributed by atoms with Gasteiger partial charge in [0.15, 0.2) is 11.0 Å². The van der Waals surface area contributed by atoms with E-state index in [0.29, 0.717) is 22.3 Å². The summed E-state index contributed by atoms with van der Waals surface area (Å²) in [5.74, 6) is 1.50. The quantitative estimate of drug-likeness (QED) is 0.336. The summed E-state index contributed by atoms with van der Waals surface area (Å²) >= 11 is 15.8. The third-order valence-electron chi connectivity index (χ3n) is 3.70. The molecule has 0 aliphatic heterocycles. The lowest BCUT2D eigenvalue weighted by Gasteiger charge is -2.08. The van der Waals surface area contributed by atoms with Gasteiger partial charge in [0, 0.05) is 38.2 Å². The Morgan fingerprint density at radius 1 is 1.28 bits per heavy atom. The van der Waals surface area contributed by atoms with E-state index < -0.39 is 0 Å². The molecule has 0 bridgehead atoms. The van der Waals surface area contributed by atoms with Crippen molar-refractivity contribution in [3.05, 3.63) is 62.8 Å². The van der Waals surface area contributed by atoms with Crippen molar-refractivity contribution in [2.75, 3.05) is 0 Å². The number of aryl methyl sites for hydroxylation is 1. The molecule has 25 heavy (non-hydrogen) atoms. The number of hydrogen-bond donors (Lipinski definition) is 0. The second-order valence-corrected chi connectivity index (χ2v) is 8.10. The Morgan fingerprint density at radius 3 is 2.68 bits per heavy atom. The van der Waals surface area contributed by atoms with E-state index in [1.165, 1.54) is 4.88 Å². The highest BCUT2D eigenvalue weighted by molar-refractivity contribution is 7.98. The van der Waals surface area contributed by atoms with Gasteiger partial charge in [0.1, 0.15) is 0 Å². The zero-order chi connectivity index (χ0) is 17.8. The minimum Gasteiger partial charge on any atom is -0.298 e. The largest absolute Gasteiger partial charge is 0.298 e. The molecule has 0 radical (unpaired) electrons. The molecule has 1 aromatic carbocycles. The first kappa shape index (κ1) is 18.5. The van der Waals surface area contributed by atoms with Crippen LogP contribution in [0.5, 0.6) is 0 Å². The van der Waals surface area contributed by atoms with Gasteiger partial charge in [-0.05, 0) is 30.2 Å². The molecule has 3 rings (SSSR count). The molecule has 0 fully saturated rings. The van der Waals surface area contributed by atoms with E-state index in [1.807, 2.05) is 24.3 Å². The average Bonchev–Trinajstić information content (AvgIpc) is 3.22. The first-order chi connectivity index (χ1) is 12.1. The van der Waals surface area contributed by atoms with Crippen molar-refractivity contribution in [1.29, 1.82) is 0 Å². The van der Waals surface area contributed by atoms with Crippen LogP contribution >= 0.6 is 46.3 Å². The van der Waals surface area contributed by atoms with Gasteiger partial charge in [0.05, 0.1) is 0 Å². The van der Waals surface area contributed by atoms with E-state index in [1.54, 1.807) is 23.1 Å². The molecule has 2 aromatic heterocycles. The molecule has 0 spiro atoms. The monoisotopic (exact) mass is 409 g/mol. The highest BCUT2D eigenvalue weighted by Crippen LogP contribution is 2.33. The molecule has 0 unspecified atom stereocenters. The second-order valence-electron chi connectivity index (χ2n) is 5.35. The average molecular weight is 410 g/mol. The SMILES string of the molecule is C=CCn1c(SCc2c(Cl)cccc2Cl)nnc1-c1csc(CC)c1. The van der Waals surface area contributed by atoms with E-state index in [9.17, 15) is 0 Å². The fraction of sp³-hybridized carbons (Fsp3) is 0.222. The number of aromatic nitrogens is 3. The molecule has 130 valence electrons. The van der Waals surface area contributed by atoms with Gasteiger partial charge in [-0.2, -0.15) is 0 Å². The van der Waals surface area contributed by atoms with Crippen LogP contribution in [0.1, 0.15) is 17.4 Å². The standard InChI is InChI=1S/C18H17Cl2N3S2/c1-3-8-23-17(12-9-13(4-2)24-10-12)21-22-18(23)25-11-14-15(19)6-5-7-16(14)20/h3,5-7,9-10H,1,4,8,11H2,2H3. The number of nitrogens with zero attached hydrogens (tertiary/aromatic N) is 3. The Balaban J connectivity index is 1.88. The summed E-state index contributed by atoms with van der Waals surface area (Å²) in [6.45, 7) is 6.66. The number of hydrogen-bond acceptors (Lipinski definition) is 4. The fourth-order valence-electron chi connectivity index (χ4n) is 2.39. The van der Waals surface area contributed by atoms with Crippen LogP contribution in [0.4, 0.5) is 0 Å². The molecule has 0 aliphatic carbocycles. The molecule has 0 saturated heterocycles. The molecular formula is C18H17Cl2N3S2. The zero-order valence-electron chi connectivity index (χ0n) is 13.7. The minimum atomic E-state index is 0.637. The van der Waals surface area contributed by atoms with E-state index >= 15 is 0 Å². The first-order valence-corrected chi connectivity index (χ1v) is 10.4. The smallest absolute Gasteiger partial charge is 0.192 e. The van der Waals surface area contributed by atoms with Crippen molar-refractivity contribution in [3.63, 3.8) is 0 Å². The second kappa shape index (κ2) is 8.41. The maximum absolute atomic E-state index is 6.26. The Labute approximate surface area is 165 Å². The van der Waals surface area contributed by atoms with Gasteiger partial charge in [-0.25, -0.2) is 0 Å². The Hall–Kier alpha value is -1.27. The van der Waals surface area contributed by atoms with Crippen LogP contribution < -0.4 is 0 Å². The summed E-state index contributed by atoms with van der Waals surface area (Å²) in [4.78, 5) is 1.33. The van der Waals surface area contributed by atoms with E-state index in [-0.39, 0.29) is 0 Å². The van der Waals surface area contributed by atoms with E-state index in [0.717, 1.165) is 28.5 Å². The predicted octanol–water partition coefficient (Wildman–Crippen LogP) is 6.35. The normalized spacial score (nSPS) is 11.0. The number of benzene rings is 1. The summed E-state index contributed by atoms with van der Waals surface area (Å²) in [7, 11) is 0. The van der Waals surface area contributed by atoms with Crippen molar-refractivity contribution >= 4 is 46.3 Å². The Kier molecular flexibility index (Phi) is 6.23. The van der Waals surface area contributed by atoms with Crippen molar-refractivity contribution in [3.8, 4) is 11.4 Å².